The van der Waals surface area contributed by atoms with Gasteiger partial charge in [0.1, 0.15) is 0 Å². The molecule has 0 bridgehead atoms. The maximum atomic E-state index is 12.0. The molecule has 1 unspecified atom stereocenters. The lowest BCUT2D eigenvalue weighted by Crippen LogP contribution is -2.45. The normalized spacial score (nSPS) is 19.4. The summed E-state index contributed by atoms with van der Waals surface area (Å²) in [5, 5.41) is 2.05. The Morgan fingerprint density at radius 2 is 2.39 bits per heavy atom. The molecule has 1 amide bonds. The van der Waals surface area contributed by atoms with Crippen LogP contribution < -0.4 is 5.73 Å². The molecule has 0 radical (unpaired) electrons. The Morgan fingerprint density at radius 1 is 1.61 bits per heavy atom. The van der Waals surface area contributed by atoms with Crippen LogP contribution >= 0.6 is 39.7 Å². The molecule has 0 aliphatic carbocycles. The van der Waals surface area contributed by atoms with Crippen molar-refractivity contribution >= 4 is 45.6 Å². The standard InChI is InChI=1S/C12H17BrN2OS.ClH/c13-9-6-11(17-8-9)3-4-12(16)15-5-1-2-10(14)7-15;/h6,8,10H,1-5,7,14H2;1H. The number of nitrogens with two attached hydrogens (primary N) is 1. The van der Waals surface area contributed by atoms with E-state index in [1.165, 1.54) is 4.88 Å². The van der Waals surface area contributed by atoms with Crippen LogP contribution in [-0.4, -0.2) is 29.9 Å². The van der Waals surface area contributed by atoms with E-state index in [1.807, 2.05) is 4.90 Å². The van der Waals surface area contributed by atoms with E-state index in [4.69, 9.17) is 5.73 Å². The molecule has 1 atom stereocenters. The van der Waals surface area contributed by atoms with Gasteiger partial charge >= 0.3 is 0 Å². The van der Waals surface area contributed by atoms with Crippen LogP contribution in [-0.2, 0) is 11.2 Å². The first kappa shape index (κ1) is 16.0. The van der Waals surface area contributed by atoms with Crippen LogP contribution in [0.2, 0.25) is 0 Å². The fourth-order valence-electron chi connectivity index (χ4n) is 2.11. The minimum absolute atomic E-state index is 0. The van der Waals surface area contributed by atoms with Gasteiger partial charge in [0.15, 0.2) is 0 Å². The van der Waals surface area contributed by atoms with Gasteiger partial charge in [0, 0.05) is 40.3 Å². The summed E-state index contributed by atoms with van der Waals surface area (Å²) in [7, 11) is 0. The van der Waals surface area contributed by atoms with Crippen LogP contribution in [0.4, 0.5) is 0 Å². The highest BCUT2D eigenvalue weighted by Crippen LogP contribution is 2.21. The van der Waals surface area contributed by atoms with Gasteiger partial charge < -0.3 is 10.6 Å². The van der Waals surface area contributed by atoms with E-state index < -0.39 is 0 Å². The molecule has 1 aliphatic rings. The van der Waals surface area contributed by atoms with Crippen molar-refractivity contribution in [1.29, 1.82) is 0 Å². The molecule has 2 heterocycles. The van der Waals surface area contributed by atoms with E-state index in [0.717, 1.165) is 36.8 Å². The number of hydrogen-bond acceptors (Lipinski definition) is 3. The zero-order chi connectivity index (χ0) is 12.3. The predicted molar refractivity (Wildman–Crippen MR) is 81.4 cm³/mol. The van der Waals surface area contributed by atoms with E-state index in [2.05, 4.69) is 27.4 Å². The lowest BCUT2D eigenvalue weighted by Gasteiger charge is -2.30. The van der Waals surface area contributed by atoms with Gasteiger partial charge in [-0.1, -0.05) is 0 Å². The van der Waals surface area contributed by atoms with Crippen LogP contribution in [0.3, 0.4) is 0 Å². The summed E-state index contributed by atoms with van der Waals surface area (Å²) in [5.74, 6) is 0.240. The van der Waals surface area contributed by atoms with E-state index >= 15 is 0 Å². The molecule has 3 nitrogen and oxygen atoms in total. The molecule has 102 valence electrons. The number of aryl methyl sites for hydroxylation is 1. The van der Waals surface area contributed by atoms with Crippen LogP contribution in [0.25, 0.3) is 0 Å². The van der Waals surface area contributed by atoms with Crippen molar-refractivity contribution in [3.63, 3.8) is 0 Å². The average Bonchev–Trinajstić information content (AvgIpc) is 2.72. The monoisotopic (exact) mass is 352 g/mol. The first-order valence-corrected chi connectivity index (χ1v) is 7.58. The Bertz CT molecular complexity index is 399. The average molecular weight is 354 g/mol. The summed E-state index contributed by atoms with van der Waals surface area (Å²) >= 11 is 5.12. The minimum atomic E-state index is 0. The molecule has 1 saturated heterocycles. The molecule has 6 heteroatoms. The van der Waals surface area contributed by atoms with Crippen molar-refractivity contribution in [1.82, 2.24) is 4.90 Å². The maximum Gasteiger partial charge on any atom is 0.222 e. The molecule has 1 aromatic heterocycles. The second-order valence-electron chi connectivity index (χ2n) is 4.47. The smallest absolute Gasteiger partial charge is 0.222 e. The summed E-state index contributed by atoms with van der Waals surface area (Å²) in [4.78, 5) is 15.2. The highest BCUT2D eigenvalue weighted by molar-refractivity contribution is 9.10. The Morgan fingerprint density at radius 3 is 3.00 bits per heavy atom. The fourth-order valence-corrected chi connectivity index (χ4v) is 3.56. The van der Waals surface area contributed by atoms with Crippen LogP contribution in [0, 0.1) is 0 Å². The minimum Gasteiger partial charge on any atom is -0.341 e. The van der Waals surface area contributed by atoms with E-state index in [9.17, 15) is 4.79 Å². The number of nitrogens with zero attached hydrogens (tertiary/aromatic N) is 1. The number of hydrogen-bond donors (Lipinski definition) is 1. The third kappa shape index (κ3) is 4.53. The number of piperidine rings is 1. The highest BCUT2D eigenvalue weighted by Gasteiger charge is 2.20. The summed E-state index contributed by atoms with van der Waals surface area (Å²) in [5.41, 5.74) is 5.88. The van der Waals surface area contributed by atoms with Gasteiger partial charge in [-0.3, -0.25) is 4.79 Å². The van der Waals surface area contributed by atoms with Gasteiger partial charge in [-0.15, -0.1) is 23.7 Å². The summed E-state index contributed by atoms with van der Waals surface area (Å²) in [6.45, 7) is 1.60. The molecule has 2 rings (SSSR count). The van der Waals surface area contributed by atoms with Gasteiger partial charge in [0.2, 0.25) is 5.91 Å². The van der Waals surface area contributed by atoms with E-state index in [1.54, 1.807) is 11.3 Å². The maximum absolute atomic E-state index is 12.0. The van der Waals surface area contributed by atoms with Gasteiger partial charge in [-0.05, 0) is 41.3 Å². The second kappa shape index (κ2) is 7.48. The third-order valence-corrected chi connectivity index (χ3v) is 4.77. The highest BCUT2D eigenvalue weighted by atomic mass is 79.9. The molecule has 2 N–H and O–H groups in total. The van der Waals surface area contributed by atoms with Crippen molar-refractivity contribution < 1.29 is 4.79 Å². The largest absolute Gasteiger partial charge is 0.341 e. The first-order chi connectivity index (χ1) is 8.15. The molecule has 0 aromatic carbocycles. The summed E-state index contributed by atoms with van der Waals surface area (Å²) in [6, 6.07) is 2.25. The van der Waals surface area contributed by atoms with Crippen molar-refractivity contribution in [2.24, 2.45) is 5.73 Å². The number of thiophene rings is 1. The second-order valence-corrected chi connectivity index (χ2v) is 6.38. The molecule has 0 saturated carbocycles. The van der Waals surface area contributed by atoms with E-state index in [-0.39, 0.29) is 24.4 Å². The van der Waals surface area contributed by atoms with Crippen molar-refractivity contribution in [3.8, 4) is 0 Å². The van der Waals surface area contributed by atoms with Crippen molar-refractivity contribution in [2.45, 2.75) is 31.7 Å². The number of likely N-dealkylation sites (tertiary alicyclic amines) is 1. The van der Waals surface area contributed by atoms with Gasteiger partial charge in [0.05, 0.1) is 0 Å². The Kier molecular flexibility index (Phi) is 6.63. The zero-order valence-corrected chi connectivity index (χ0v) is 13.3. The number of carbonyl (C=O) groups excluding carboxylic acids is 1. The zero-order valence-electron chi connectivity index (χ0n) is 10.1. The Hall–Kier alpha value is -0.100. The van der Waals surface area contributed by atoms with E-state index in [0.29, 0.717) is 6.42 Å². The number of amides is 1. The van der Waals surface area contributed by atoms with Crippen LogP contribution in [0.1, 0.15) is 24.1 Å². The topological polar surface area (TPSA) is 46.3 Å². The molecule has 1 aromatic rings. The molecule has 1 fully saturated rings. The molecule has 18 heavy (non-hydrogen) atoms. The van der Waals surface area contributed by atoms with Gasteiger partial charge in [0.25, 0.3) is 0 Å². The fraction of sp³-hybridized carbons (Fsp3) is 0.583. The summed E-state index contributed by atoms with van der Waals surface area (Å²) < 4.78 is 1.10. The van der Waals surface area contributed by atoms with Gasteiger partial charge in [-0.2, -0.15) is 0 Å². The van der Waals surface area contributed by atoms with Crippen molar-refractivity contribution in [2.75, 3.05) is 13.1 Å². The molecular weight excluding hydrogens is 336 g/mol. The predicted octanol–water partition coefficient (Wildman–Crippen LogP) is 2.81. The number of rotatable bonds is 3. The number of carbonyl (C=O) groups is 1. The Labute approximate surface area is 126 Å². The lowest BCUT2D eigenvalue weighted by molar-refractivity contribution is -0.132. The van der Waals surface area contributed by atoms with Gasteiger partial charge in [-0.25, -0.2) is 0 Å². The lowest BCUT2D eigenvalue weighted by atomic mass is 10.1. The molecule has 1 aliphatic heterocycles. The van der Waals surface area contributed by atoms with Crippen LogP contribution in [0.15, 0.2) is 15.9 Å². The first-order valence-electron chi connectivity index (χ1n) is 5.91. The third-order valence-electron chi connectivity index (χ3n) is 3.02. The quantitative estimate of drug-likeness (QED) is 0.908. The SMILES string of the molecule is Cl.NC1CCCN(C(=O)CCc2cc(Br)cs2)C1. The molecule has 0 spiro atoms. The Balaban J connectivity index is 0.00000162. The summed E-state index contributed by atoms with van der Waals surface area (Å²) in [6.07, 6.45) is 3.51. The molecular formula is C12H18BrClN2OS. The van der Waals surface area contributed by atoms with Crippen LogP contribution in [0.5, 0.6) is 0 Å². The number of halogens is 2. The van der Waals surface area contributed by atoms with Crippen molar-refractivity contribution in [3.05, 3.63) is 20.8 Å².